The van der Waals surface area contributed by atoms with Gasteiger partial charge in [0.05, 0.1) is 7.11 Å². The zero-order valence-electron chi connectivity index (χ0n) is 14.7. The maximum absolute atomic E-state index is 14.0. The molecule has 1 atom stereocenters. The van der Waals surface area contributed by atoms with Crippen LogP contribution in [-0.4, -0.2) is 43.4 Å². The molecule has 0 saturated carbocycles. The third kappa shape index (κ3) is 4.69. The van der Waals surface area contributed by atoms with E-state index < -0.39 is 0 Å². The molecule has 6 heteroatoms. The first kappa shape index (κ1) is 18.6. The average molecular weight is 375 g/mol. The molecule has 1 heterocycles. The van der Waals surface area contributed by atoms with Gasteiger partial charge in [-0.2, -0.15) is 11.8 Å². The van der Waals surface area contributed by atoms with Crippen LogP contribution in [0.1, 0.15) is 17.2 Å². The van der Waals surface area contributed by atoms with Gasteiger partial charge >= 0.3 is 0 Å². The van der Waals surface area contributed by atoms with Crippen LogP contribution in [0.5, 0.6) is 11.5 Å². The lowest BCUT2D eigenvalue weighted by atomic mass is 10.1. The highest BCUT2D eigenvalue weighted by atomic mass is 32.2. The van der Waals surface area contributed by atoms with Gasteiger partial charge in [-0.1, -0.05) is 18.2 Å². The average Bonchev–Trinajstić information content (AvgIpc) is 2.93. The predicted octanol–water partition coefficient (Wildman–Crippen LogP) is 3.92. The van der Waals surface area contributed by atoms with Crippen molar-refractivity contribution in [2.75, 3.05) is 32.6 Å². The van der Waals surface area contributed by atoms with E-state index in [0.29, 0.717) is 18.8 Å². The van der Waals surface area contributed by atoms with Gasteiger partial charge in [0.15, 0.2) is 6.61 Å². The monoisotopic (exact) mass is 375 g/mol. The summed E-state index contributed by atoms with van der Waals surface area (Å²) in [4.78, 5) is 14.3. The molecule has 2 aromatic rings. The summed E-state index contributed by atoms with van der Waals surface area (Å²) in [5, 5.41) is 0.0801. The Labute approximate surface area is 157 Å². The van der Waals surface area contributed by atoms with Crippen LogP contribution in [0, 0.1) is 5.82 Å². The van der Waals surface area contributed by atoms with Crippen LogP contribution in [0.4, 0.5) is 4.39 Å². The third-order valence-electron chi connectivity index (χ3n) is 4.37. The minimum absolute atomic E-state index is 0.00135. The third-order valence-corrected chi connectivity index (χ3v) is 5.68. The van der Waals surface area contributed by atoms with Crippen molar-refractivity contribution in [3.8, 4) is 11.5 Å². The molecule has 0 aromatic heterocycles. The smallest absolute Gasteiger partial charge is 0.260 e. The molecule has 0 aliphatic carbocycles. The van der Waals surface area contributed by atoms with Crippen molar-refractivity contribution in [3.05, 3.63) is 59.9 Å². The lowest BCUT2D eigenvalue weighted by molar-refractivity contribution is -0.133. The van der Waals surface area contributed by atoms with Gasteiger partial charge in [0.25, 0.3) is 5.91 Å². The first-order valence-electron chi connectivity index (χ1n) is 8.58. The molecule has 1 aliphatic rings. The molecule has 1 amide bonds. The van der Waals surface area contributed by atoms with E-state index in [1.165, 1.54) is 6.07 Å². The maximum atomic E-state index is 14.0. The first-order valence-corrected chi connectivity index (χ1v) is 9.63. The fraction of sp³-hybridized carbons (Fsp3) is 0.350. The Balaban J connectivity index is 1.53. The normalized spacial score (nSPS) is 17.5. The van der Waals surface area contributed by atoms with Crippen molar-refractivity contribution in [1.82, 2.24) is 4.90 Å². The Morgan fingerprint density at radius 3 is 2.62 bits per heavy atom. The van der Waals surface area contributed by atoms with Crippen molar-refractivity contribution in [3.63, 3.8) is 0 Å². The van der Waals surface area contributed by atoms with Crippen molar-refractivity contribution in [1.29, 1.82) is 0 Å². The van der Waals surface area contributed by atoms with Crippen molar-refractivity contribution in [2.45, 2.75) is 11.7 Å². The number of thioether (sulfide) groups is 1. The molecule has 0 bridgehead atoms. The number of amides is 1. The topological polar surface area (TPSA) is 38.8 Å². The van der Waals surface area contributed by atoms with Gasteiger partial charge in [-0.15, -0.1) is 0 Å². The van der Waals surface area contributed by atoms with E-state index in [1.54, 1.807) is 54.1 Å². The molecular weight excluding hydrogens is 353 g/mol. The van der Waals surface area contributed by atoms with Gasteiger partial charge in [-0.05, 0) is 36.8 Å². The molecule has 26 heavy (non-hydrogen) atoms. The molecule has 138 valence electrons. The summed E-state index contributed by atoms with van der Waals surface area (Å²) in [5.41, 5.74) is 0.723. The van der Waals surface area contributed by atoms with Crippen LogP contribution in [0.25, 0.3) is 0 Å². The Morgan fingerprint density at radius 1 is 1.15 bits per heavy atom. The number of hydrogen-bond acceptors (Lipinski definition) is 4. The molecule has 1 saturated heterocycles. The lowest BCUT2D eigenvalue weighted by Crippen LogP contribution is -2.36. The van der Waals surface area contributed by atoms with E-state index in [1.807, 2.05) is 12.1 Å². The second-order valence-electron chi connectivity index (χ2n) is 6.01. The number of rotatable bonds is 5. The Bertz CT molecular complexity index is 738. The summed E-state index contributed by atoms with van der Waals surface area (Å²) in [5.74, 6) is 1.94. The SMILES string of the molecule is COc1ccc(OCC(=O)N2CCSC(c3ccccc3F)CC2)cc1. The Morgan fingerprint density at radius 2 is 1.88 bits per heavy atom. The summed E-state index contributed by atoms with van der Waals surface area (Å²) in [7, 11) is 1.60. The number of hydrogen-bond donors (Lipinski definition) is 0. The van der Waals surface area contributed by atoms with Crippen LogP contribution in [0.3, 0.4) is 0 Å². The summed E-state index contributed by atoms with van der Waals surface area (Å²) in [6.07, 6.45) is 0.736. The van der Waals surface area contributed by atoms with Crippen LogP contribution >= 0.6 is 11.8 Å². The zero-order chi connectivity index (χ0) is 18.4. The largest absolute Gasteiger partial charge is 0.497 e. The number of carbonyl (C=O) groups excluding carboxylic acids is 1. The number of methoxy groups -OCH3 is 1. The second-order valence-corrected chi connectivity index (χ2v) is 7.33. The van der Waals surface area contributed by atoms with Crippen LogP contribution in [-0.2, 0) is 4.79 Å². The summed E-state index contributed by atoms with van der Waals surface area (Å²) >= 11 is 1.70. The standard InChI is InChI=1S/C20H22FNO3S/c1-24-15-6-8-16(9-7-15)25-14-20(23)22-11-10-19(26-13-12-22)17-4-2-3-5-18(17)21/h2-9,19H,10-14H2,1H3. The van der Waals surface area contributed by atoms with Gasteiger partial charge in [-0.25, -0.2) is 4.39 Å². The van der Waals surface area contributed by atoms with Crippen LogP contribution in [0.15, 0.2) is 48.5 Å². The van der Waals surface area contributed by atoms with E-state index in [4.69, 9.17) is 9.47 Å². The number of benzene rings is 2. The zero-order valence-corrected chi connectivity index (χ0v) is 15.5. The van der Waals surface area contributed by atoms with Crippen molar-refractivity contribution in [2.24, 2.45) is 0 Å². The maximum Gasteiger partial charge on any atom is 0.260 e. The van der Waals surface area contributed by atoms with Gasteiger partial charge in [0.2, 0.25) is 0 Å². The summed E-state index contributed by atoms with van der Waals surface area (Å²) in [6, 6.07) is 14.0. The van der Waals surface area contributed by atoms with Crippen molar-refractivity contribution >= 4 is 17.7 Å². The van der Waals surface area contributed by atoms with Crippen molar-refractivity contribution < 1.29 is 18.7 Å². The fourth-order valence-corrected chi connectivity index (χ4v) is 4.17. The van der Waals surface area contributed by atoms with Gasteiger partial charge in [0.1, 0.15) is 17.3 Å². The number of carbonyl (C=O) groups is 1. The molecule has 0 radical (unpaired) electrons. The number of halogens is 1. The predicted molar refractivity (Wildman–Crippen MR) is 101 cm³/mol. The molecule has 2 aromatic carbocycles. The number of ether oxygens (including phenoxy) is 2. The summed E-state index contributed by atoms with van der Waals surface area (Å²) < 4.78 is 24.7. The molecular formula is C20H22FNO3S. The number of nitrogens with zero attached hydrogens (tertiary/aromatic N) is 1. The first-order chi connectivity index (χ1) is 12.7. The molecule has 1 unspecified atom stereocenters. The van der Waals surface area contributed by atoms with E-state index >= 15 is 0 Å². The Kier molecular flexibility index (Phi) is 6.39. The molecule has 4 nitrogen and oxygen atoms in total. The lowest BCUT2D eigenvalue weighted by Gasteiger charge is -2.20. The van der Waals surface area contributed by atoms with E-state index in [2.05, 4.69) is 0 Å². The van der Waals surface area contributed by atoms with E-state index in [0.717, 1.165) is 23.5 Å². The van der Waals surface area contributed by atoms with Gasteiger partial charge in [0, 0.05) is 29.7 Å². The molecule has 0 N–H and O–H groups in total. The molecule has 0 spiro atoms. The molecule has 1 aliphatic heterocycles. The van der Waals surface area contributed by atoms with Gasteiger partial charge in [-0.3, -0.25) is 4.79 Å². The van der Waals surface area contributed by atoms with Gasteiger partial charge < -0.3 is 14.4 Å². The quantitative estimate of drug-likeness (QED) is 0.794. The second kappa shape index (κ2) is 8.94. The van der Waals surface area contributed by atoms with E-state index in [9.17, 15) is 9.18 Å². The van der Waals surface area contributed by atoms with E-state index in [-0.39, 0.29) is 23.6 Å². The minimum atomic E-state index is -0.174. The van der Waals surface area contributed by atoms with Crippen LogP contribution < -0.4 is 9.47 Å². The summed E-state index contributed by atoms with van der Waals surface area (Å²) in [6.45, 7) is 1.26. The highest BCUT2D eigenvalue weighted by Gasteiger charge is 2.23. The highest BCUT2D eigenvalue weighted by Crippen LogP contribution is 2.35. The molecule has 3 rings (SSSR count). The molecule has 1 fully saturated rings. The minimum Gasteiger partial charge on any atom is -0.497 e. The highest BCUT2D eigenvalue weighted by molar-refractivity contribution is 7.99. The Hall–Kier alpha value is -2.21. The fourth-order valence-electron chi connectivity index (χ4n) is 2.91. The van der Waals surface area contributed by atoms with Crippen LogP contribution in [0.2, 0.25) is 0 Å².